The molecule has 2 atom stereocenters. The Bertz CT molecular complexity index is 664. The molecule has 0 saturated carbocycles. The Hall–Kier alpha value is -1.70. The van der Waals surface area contributed by atoms with E-state index in [0.29, 0.717) is 18.6 Å². The van der Waals surface area contributed by atoms with Gasteiger partial charge >= 0.3 is 6.18 Å². The lowest BCUT2D eigenvalue weighted by Gasteiger charge is -2.29. The third-order valence-corrected chi connectivity index (χ3v) is 5.71. The van der Waals surface area contributed by atoms with Gasteiger partial charge in [-0.1, -0.05) is 6.07 Å². The summed E-state index contributed by atoms with van der Waals surface area (Å²) in [6.45, 7) is 1.92. The van der Waals surface area contributed by atoms with E-state index < -0.39 is 23.7 Å². The first kappa shape index (κ1) is 16.2. The summed E-state index contributed by atoms with van der Waals surface area (Å²) in [5, 5.41) is 2.50. The van der Waals surface area contributed by atoms with E-state index >= 15 is 0 Å². The van der Waals surface area contributed by atoms with Crippen molar-refractivity contribution in [2.24, 2.45) is 0 Å². The smallest absolute Gasteiger partial charge is 0.324 e. The van der Waals surface area contributed by atoms with Crippen molar-refractivity contribution < 1.29 is 22.8 Å². The van der Waals surface area contributed by atoms with Crippen LogP contribution in [0.3, 0.4) is 0 Å². The number of amides is 2. The molecule has 1 aromatic carbocycles. The molecule has 2 amide bonds. The summed E-state index contributed by atoms with van der Waals surface area (Å²) in [5.74, 6) is -0.0787. The zero-order valence-corrected chi connectivity index (χ0v) is 13.1. The molecule has 0 bridgehead atoms. The van der Waals surface area contributed by atoms with Gasteiger partial charge in [-0.25, -0.2) is 0 Å². The molecule has 2 heterocycles. The topological polar surface area (TPSA) is 49.4 Å². The molecule has 23 heavy (non-hydrogen) atoms. The van der Waals surface area contributed by atoms with E-state index in [1.165, 1.54) is 23.9 Å². The van der Waals surface area contributed by atoms with Gasteiger partial charge in [0.1, 0.15) is 6.04 Å². The van der Waals surface area contributed by atoms with Crippen molar-refractivity contribution in [3.8, 4) is 0 Å². The molecule has 0 aromatic heterocycles. The van der Waals surface area contributed by atoms with Gasteiger partial charge in [-0.3, -0.25) is 9.59 Å². The van der Waals surface area contributed by atoms with Crippen molar-refractivity contribution in [2.75, 3.05) is 11.1 Å². The molecule has 2 saturated heterocycles. The summed E-state index contributed by atoms with van der Waals surface area (Å²) in [7, 11) is 0. The molecule has 3 rings (SSSR count). The van der Waals surface area contributed by atoms with Crippen LogP contribution in [0.4, 0.5) is 18.9 Å². The Morgan fingerprint density at radius 3 is 2.87 bits per heavy atom. The van der Waals surface area contributed by atoms with Crippen LogP contribution < -0.4 is 5.32 Å². The molecule has 1 aromatic rings. The van der Waals surface area contributed by atoms with Gasteiger partial charge < -0.3 is 10.2 Å². The molecule has 4 nitrogen and oxygen atoms in total. The summed E-state index contributed by atoms with van der Waals surface area (Å²) >= 11 is 1.54. The molecule has 0 spiro atoms. The summed E-state index contributed by atoms with van der Waals surface area (Å²) < 4.78 is 38.1. The number of hydrogen-bond donors (Lipinski definition) is 1. The number of fused-ring (bicyclic) bond motifs is 1. The van der Waals surface area contributed by atoms with Gasteiger partial charge in [-0.2, -0.15) is 13.2 Å². The van der Waals surface area contributed by atoms with Gasteiger partial charge in [-0.15, -0.1) is 11.8 Å². The first-order valence-corrected chi connectivity index (χ1v) is 8.13. The van der Waals surface area contributed by atoms with E-state index in [2.05, 4.69) is 5.32 Å². The van der Waals surface area contributed by atoms with Crippen LogP contribution in [0.5, 0.6) is 0 Å². The minimum Gasteiger partial charge on any atom is -0.324 e. The Kier molecular flexibility index (Phi) is 3.82. The maximum atomic E-state index is 12.7. The lowest BCUT2D eigenvalue weighted by atomic mass is 10.1. The normalized spacial score (nSPS) is 27.2. The monoisotopic (exact) mass is 344 g/mol. The quantitative estimate of drug-likeness (QED) is 0.897. The number of hydrogen-bond acceptors (Lipinski definition) is 3. The van der Waals surface area contributed by atoms with Gasteiger partial charge in [0.2, 0.25) is 11.8 Å². The second kappa shape index (κ2) is 5.43. The third kappa shape index (κ3) is 2.91. The van der Waals surface area contributed by atoms with Crippen molar-refractivity contribution in [1.29, 1.82) is 0 Å². The summed E-state index contributed by atoms with van der Waals surface area (Å²) in [6, 6.07) is 3.84. The average Bonchev–Trinajstić information content (AvgIpc) is 2.95. The number of nitrogens with zero attached hydrogens (tertiary/aromatic N) is 1. The first-order chi connectivity index (χ1) is 10.7. The summed E-state index contributed by atoms with van der Waals surface area (Å²) in [4.78, 5) is 25.6. The van der Waals surface area contributed by atoms with Gasteiger partial charge in [0.15, 0.2) is 0 Å². The molecule has 124 valence electrons. The average molecular weight is 344 g/mol. The van der Waals surface area contributed by atoms with Crippen LogP contribution in [0.2, 0.25) is 0 Å². The SMILES string of the molecule is C[C@@]12CCC(=O)N1[C@H](C(=O)Nc1cccc(C(F)(F)F)c1)CS2. The fourth-order valence-corrected chi connectivity index (χ4v) is 4.45. The van der Waals surface area contributed by atoms with E-state index in [9.17, 15) is 22.8 Å². The molecular formula is C15H15F3N2O2S. The van der Waals surface area contributed by atoms with Crippen molar-refractivity contribution in [2.45, 2.75) is 36.9 Å². The van der Waals surface area contributed by atoms with Crippen LogP contribution in [0.1, 0.15) is 25.3 Å². The van der Waals surface area contributed by atoms with Crippen LogP contribution in [-0.4, -0.2) is 33.4 Å². The Labute approximate surface area is 135 Å². The van der Waals surface area contributed by atoms with Gasteiger partial charge in [0.25, 0.3) is 0 Å². The molecule has 1 N–H and O–H groups in total. The van der Waals surface area contributed by atoms with E-state index in [-0.39, 0.29) is 16.5 Å². The minimum absolute atomic E-state index is 0.0788. The van der Waals surface area contributed by atoms with Gasteiger partial charge in [0, 0.05) is 17.9 Å². The van der Waals surface area contributed by atoms with E-state index in [4.69, 9.17) is 0 Å². The maximum Gasteiger partial charge on any atom is 0.416 e. The number of halogens is 3. The fourth-order valence-electron chi connectivity index (χ4n) is 3.01. The second-order valence-electron chi connectivity index (χ2n) is 5.83. The maximum absolute atomic E-state index is 12.7. The number of thioether (sulfide) groups is 1. The highest BCUT2D eigenvalue weighted by molar-refractivity contribution is 8.01. The molecule has 2 aliphatic rings. The van der Waals surface area contributed by atoms with Crippen LogP contribution in [0, 0.1) is 0 Å². The van der Waals surface area contributed by atoms with Crippen LogP contribution in [0.25, 0.3) is 0 Å². The molecule has 0 unspecified atom stereocenters. The first-order valence-electron chi connectivity index (χ1n) is 7.15. The molecule has 8 heteroatoms. The minimum atomic E-state index is -4.46. The van der Waals surface area contributed by atoms with Crippen molar-refractivity contribution in [1.82, 2.24) is 4.90 Å². The molecule has 2 aliphatic heterocycles. The molecule has 0 aliphatic carbocycles. The highest BCUT2D eigenvalue weighted by atomic mass is 32.2. The van der Waals surface area contributed by atoms with Crippen LogP contribution >= 0.6 is 11.8 Å². The van der Waals surface area contributed by atoms with Crippen LogP contribution in [0.15, 0.2) is 24.3 Å². The number of anilines is 1. The fraction of sp³-hybridized carbons (Fsp3) is 0.467. The number of carbonyl (C=O) groups is 2. The lowest BCUT2D eigenvalue weighted by molar-refractivity contribution is -0.137. The number of rotatable bonds is 2. The van der Waals surface area contributed by atoms with E-state index in [1.807, 2.05) is 6.92 Å². The van der Waals surface area contributed by atoms with Gasteiger partial charge in [-0.05, 0) is 31.5 Å². The van der Waals surface area contributed by atoms with Crippen molar-refractivity contribution >= 4 is 29.3 Å². The lowest BCUT2D eigenvalue weighted by Crippen LogP contribution is -2.48. The third-order valence-electron chi connectivity index (χ3n) is 4.20. The number of benzene rings is 1. The second-order valence-corrected chi connectivity index (χ2v) is 7.33. The molecular weight excluding hydrogens is 329 g/mol. The zero-order chi connectivity index (χ0) is 16.8. The Balaban J connectivity index is 1.77. The Morgan fingerprint density at radius 2 is 2.17 bits per heavy atom. The Morgan fingerprint density at radius 1 is 1.43 bits per heavy atom. The summed E-state index contributed by atoms with van der Waals surface area (Å²) in [5.41, 5.74) is -0.742. The summed E-state index contributed by atoms with van der Waals surface area (Å²) in [6.07, 6.45) is -3.38. The molecule has 2 fully saturated rings. The van der Waals surface area contributed by atoms with Crippen molar-refractivity contribution in [3.05, 3.63) is 29.8 Å². The zero-order valence-electron chi connectivity index (χ0n) is 12.3. The standard InChI is InChI=1S/C15H15F3N2O2S/c1-14-6-5-12(21)20(14)11(8-23-14)13(22)19-10-4-2-3-9(7-10)15(16,17)18/h2-4,7,11H,5-6,8H2,1H3,(H,19,22)/t11-,14+/m0/s1. The van der Waals surface area contributed by atoms with Crippen LogP contribution in [-0.2, 0) is 15.8 Å². The van der Waals surface area contributed by atoms with Crippen molar-refractivity contribution in [3.63, 3.8) is 0 Å². The molecule has 0 radical (unpaired) electrons. The number of alkyl halides is 3. The predicted molar refractivity (Wildman–Crippen MR) is 80.8 cm³/mol. The number of nitrogens with one attached hydrogen (secondary N) is 1. The highest BCUT2D eigenvalue weighted by Crippen LogP contribution is 2.47. The predicted octanol–water partition coefficient (Wildman–Crippen LogP) is 3.10. The van der Waals surface area contributed by atoms with Gasteiger partial charge in [0.05, 0.1) is 10.4 Å². The largest absolute Gasteiger partial charge is 0.416 e. The van der Waals surface area contributed by atoms with E-state index in [0.717, 1.165) is 12.1 Å². The number of carbonyl (C=O) groups excluding carboxylic acids is 2. The van der Waals surface area contributed by atoms with E-state index in [1.54, 1.807) is 4.90 Å². The highest BCUT2D eigenvalue weighted by Gasteiger charge is 2.52.